The molecule has 0 saturated heterocycles. The zero-order chi connectivity index (χ0) is 14.5. The summed E-state index contributed by atoms with van der Waals surface area (Å²) in [6.07, 6.45) is 3.68. The van der Waals surface area contributed by atoms with Crippen molar-refractivity contribution < 1.29 is 0 Å². The monoisotopic (exact) mass is 274 g/mol. The van der Waals surface area contributed by atoms with Crippen molar-refractivity contribution in [1.82, 2.24) is 10.2 Å². The van der Waals surface area contributed by atoms with Crippen LogP contribution in [-0.2, 0) is 6.42 Å². The third-order valence-corrected chi connectivity index (χ3v) is 4.32. The van der Waals surface area contributed by atoms with Gasteiger partial charge in [-0.3, -0.25) is 0 Å². The topological polar surface area (TPSA) is 15.3 Å². The molecule has 2 rings (SSSR count). The van der Waals surface area contributed by atoms with Crippen molar-refractivity contribution >= 4 is 0 Å². The van der Waals surface area contributed by atoms with E-state index >= 15 is 0 Å². The molecule has 0 radical (unpaired) electrons. The molecule has 0 heterocycles. The van der Waals surface area contributed by atoms with Crippen molar-refractivity contribution in [2.75, 3.05) is 20.1 Å². The Morgan fingerprint density at radius 1 is 1.30 bits per heavy atom. The summed E-state index contributed by atoms with van der Waals surface area (Å²) in [4.78, 5) is 2.56. The molecule has 0 amide bonds. The van der Waals surface area contributed by atoms with Gasteiger partial charge in [-0.2, -0.15) is 0 Å². The number of nitrogens with zero attached hydrogens (tertiary/aromatic N) is 1. The van der Waals surface area contributed by atoms with Crippen LogP contribution in [0.25, 0.3) is 0 Å². The fourth-order valence-electron chi connectivity index (χ4n) is 3.47. The Hall–Kier alpha value is -0.860. The van der Waals surface area contributed by atoms with Gasteiger partial charge in [0.15, 0.2) is 0 Å². The van der Waals surface area contributed by atoms with E-state index in [1.54, 1.807) is 0 Å². The van der Waals surface area contributed by atoms with Crippen LogP contribution in [0, 0.1) is 5.92 Å². The van der Waals surface area contributed by atoms with Gasteiger partial charge in [0.25, 0.3) is 0 Å². The van der Waals surface area contributed by atoms with E-state index < -0.39 is 0 Å². The smallest absolute Gasteiger partial charge is 0.0480 e. The number of nitrogens with one attached hydrogen (secondary N) is 1. The third-order valence-electron chi connectivity index (χ3n) is 4.32. The Morgan fingerprint density at radius 3 is 2.75 bits per heavy atom. The molecule has 2 nitrogen and oxygen atoms in total. The summed E-state index contributed by atoms with van der Waals surface area (Å²) < 4.78 is 0. The van der Waals surface area contributed by atoms with Gasteiger partial charge in [-0.05, 0) is 49.9 Å². The molecule has 0 aliphatic heterocycles. The molecular formula is C18H30N2. The maximum atomic E-state index is 3.79. The molecule has 2 unspecified atom stereocenters. The van der Waals surface area contributed by atoms with Crippen LogP contribution < -0.4 is 5.32 Å². The zero-order valence-electron chi connectivity index (χ0n) is 13.5. The number of hydrogen-bond donors (Lipinski definition) is 1. The lowest BCUT2D eigenvalue weighted by molar-refractivity contribution is 0.157. The van der Waals surface area contributed by atoms with Gasteiger partial charge < -0.3 is 10.2 Å². The highest BCUT2D eigenvalue weighted by atomic mass is 15.2. The molecule has 20 heavy (non-hydrogen) atoms. The molecule has 1 aliphatic carbocycles. The van der Waals surface area contributed by atoms with E-state index in [2.05, 4.69) is 62.3 Å². The lowest BCUT2D eigenvalue weighted by atomic mass is 9.83. The summed E-state index contributed by atoms with van der Waals surface area (Å²) in [5, 5.41) is 3.79. The first-order valence-corrected chi connectivity index (χ1v) is 8.15. The Morgan fingerprint density at radius 2 is 2.05 bits per heavy atom. The van der Waals surface area contributed by atoms with Crippen LogP contribution in [0.1, 0.15) is 50.8 Å². The Labute approximate surface area is 124 Å². The standard InChI is InChI=1S/C18H30N2/c1-5-12-19-18-16-9-7-6-8-15(16)10-11-17(18)20(4)13-14(2)3/h6-9,14,17-19H,5,10-13H2,1-4H3. The van der Waals surface area contributed by atoms with Crippen LogP contribution in [-0.4, -0.2) is 31.1 Å². The number of hydrogen-bond acceptors (Lipinski definition) is 2. The average molecular weight is 274 g/mol. The molecule has 1 aliphatic rings. The van der Waals surface area contributed by atoms with Gasteiger partial charge in [0.1, 0.15) is 0 Å². The predicted octanol–water partition coefficient (Wildman–Crippen LogP) is 3.63. The van der Waals surface area contributed by atoms with E-state index in [1.807, 2.05) is 0 Å². The summed E-state index contributed by atoms with van der Waals surface area (Å²) in [7, 11) is 2.29. The van der Waals surface area contributed by atoms with E-state index in [1.165, 1.54) is 36.9 Å². The number of aryl methyl sites for hydroxylation is 1. The van der Waals surface area contributed by atoms with Gasteiger partial charge in [0.2, 0.25) is 0 Å². The minimum absolute atomic E-state index is 0.489. The van der Waals surface area contributed by atoms with Gasteiger partial charge in [-0.1, -0.05) is 45.0 Å². The summed E-state index contributed by atoms with van der Waals surface area (Å²) in [5.74, 6) is 0.726. The minimum Gasteiger partial charge on any atom is -0.309 e. The third kappa shape index (κ3) is 3.62. The first-order valence-electron chi connectivity index (χ1n) is 8.15. The maximum Gasteiger partial charge on any atom is 0.0480 e. The van der Waals surface area contributed by atoms with Gasteiger partial charge in [-0.25, -0.2) is 0 Å². The largest absolute Gasteiger partial charge is 0.309 e. The number of benzene rings is 1. The summed E-state index contributed by atoms with van der Waals surface area (Å²) in [5.41, 5.74) is 3.06. The second-order valence-corrected chi connectivity index (χ2v) is 6.57. The maximum absolute atomic E-state index is 3.79. The van der Waals surface area contributed by atoms with Gasteiger partial charge >= 0.3 is 0 Å². The van der Waals surface area contributed by atoms with Crippen LogP contribution in [0.4, 0.5) is 0 Å². The normalized spacial score (nSPS) is 22.3. The summed E-state index contributed by atoms with van der Waals surface area (Å²) >= 11 is 0. The number of fused-ring (bicyclic) bond motifs is 1. The lowest BCUT2D eigenvalue weighted by Gasteiger charge is -2.40. The van der Waals surface area contributed by atoms with Gasteiger partial charge in [-0.15, -0.1) is 0 Å². The van der Waals surface area contributed by atoms with Crippen molar-refractivity contribution in [3.05, 3.63) is 35.4 Å². The minimum atomic E-state index is 0.489. The average Bonchev–Trinajstić information content (AvgIpc) is 2.43. The Kier molecular flexibility index (Phi) is 5.62. The van der Waals surface area contributed by atoms with Crippen LogP contribution in [0.2, 0.25) is 0 Å². The van der Waals surface area contributed by atoms with Crippen molar-refractivity contribution in [3.63, 3.8) is 0 Å². The van der Waals surface area contributed by atoms with Crippen molar-refractivity contribution in [1.29, 1.82) is 0 Å². The molecule has 2 atom stereocenters. The Balaban J connectivity index is 2.19. The summed E-state index contributed by atoms with van der Waals surface area (Å²) in [6, 6.07) is 10.1. The fraction of sp³-hybridized carbons (Fsp3) is 0.667. The summed E-state index contributed by atoms with van der Waals surface area (Å²) in [6.45, 7) is 9.14. The number of rotatable bonds is 6. The van der Waals surface area contributed by atoms with Gasteiger partial charge in [0.05, 0.1) is 0 Å². The van der Waals surface area contributed by atoms with E-state index in [-0.39, 0.29) is 0 Å². The first-order chi connectivity index (χ1) is 9.63. The molecule has 0 saturated carbocycles. The lowest BCUT2D eigenvalue weighted by Crippen LogP contribution is -2.46. The van der Waals surface area contributed by atoms with Crippen molar-refractivity contribution in [2.24, 2.45) is 5.92 Å². The second-order valence-electron chi connectivity index (χ2n) is 6.57. The van der Waals surface area contributed by atoms with Crippen LogP contribution in [0.5, 0.6) is 0 Å². The molecule has 0 spiro atoms. The van der Waals surface area contributed by atoms with Crippen molar-refractivity contribution in [2.45, 2.75) is 52.1 Å². The van der Waals surface area contributed by atoms with Crippen LogP contribution in [0.3, 0.4) is 0 Å². The molecule has 0 aromatic heterocycles. The van der Waals surface area contributed by atoms with Gasteiger partial charge in [0, 0.05) is 18.6 Å². The van der Waals surface area contributed by atoms with E-state index in [0.717, 1.165) is 12.5 Å². The molecule has 2 heteroatoms. The highest BCUT2D eigenvalue weighted by Gasteiger charge is 2.31. The Bertz CT molecular complexity index is 414. The zero-order valence-corrected chi connectivity index (χ0v) is 13.5. The second kappa shape index (κ2) is 7.24. The molecule has 0 bridgehead atoms. The van der Waals surface area contributed by atoms with E-state index in [0.29, 0.717) is 12.1 Å². The first kappa shape index (κ1) is 15.5. The number of likely N-dealkylation sites (N-methyl/N-ethyl adjacent to an activating group) is 1. The molecule has 1 aromatic carbocycles. The molecule has 0 fully saturated rings. The van der Waals surface area contributed by atoms with Crippen LogP contribution in [0.15, 0.2) is 24.3 Å². The molecular weight excluding hydrogens is 244 g/mol. The highest BCUT2D eigenvalue weighted by molar-refractivity contribution is 5.34. The molecule has 112 valence electrons. The quantitative estimate of drug-likeness (QED) is 0.852. The highest BCUT2D eigenvalue weighted by Crippen LogP contribution is 2.32. The predicted molar refractivity (Wildman–Crippen MR) is 87.1 cm³/mol. The van der Waals surface area contributed by atoms with Crippen molar-refractivity contribution in [3.8, 4) is 0 Å². The van der Waals surface area contributed by atoms with Crippen LogP contribution >= 0.6 is 0 Å². The van der Waals surface area contributed by atoms with E-state index in [9.17, 15) is 0 Å². The molecule has 1 aromatic rings. The van der Waals surface area contributed by atoms with E-state index in [4.69, 9.17) is 0 Å². The molecule has 1 N–H and O–H groups in total. The SMILES string of the molecule is CCCNC1c2ccccc2CCC1N(C)CC(C)C. The fourth-order valence-corrected chi connectivity index (χ4v) is 3.47.